The summed E-state index contributed by atoms with van der Waals surface area (Å²) in [5, 5.41) is 0. The van der Waals surface area contributed by atoms with E-state index < -0.39 is 21.6 Å². The highest BCUT2D eigenvalue weighted by molar-refractivity contribution is 7.90. The number of hydrogen-bond donors (Lipinski definition) is 0. The maximum Gasteiger partial charge on any atom is 0.349 e. The van der Waals surface area contributed by atoms with E-state index in [1.54, 1.807) is 6.92 Å². The molecular weight excluding hydrogens is 296 g/mol. The summed E-state index contributed by atoms with van der Waals surface area (Å²) in [7, 11) is -2.58. The molecule has 0 atom stereocenters. The summed E-state index contributed by atoms with van der Waals surface area (Å²) < 4.78 is 31.0. The van der Waals surface area contributed by atoms with Crippen molar-refractivity contribution in [2.45, 2.75) is 18.2 Å². The van der Waals surface area contributed by atoms with Gasteiger partial charge in [-0.25, -0.2) is 17.8 Å². The van der Waals surface area contributed by atoms with Gasteiger partial charge in [0.25, 0.3) is 10.0 Å². The highest BCUT2D eigenvalue weighted by atomic mass is 32.2. The smallest absolute Gasteiger partial charge is 0.349 e. The van der Waals surface area contributed by atoms with Crippen LogP contribution in [-0.2, 0) is 10.0 Å². The second-order valence-electron chi connectivity index (χ2n) is 4.17. The van der Waals surface area contributed by atoms with E-state index in [1.165, 1.54) is 31.4 Å². The average molecular weight is 310 g/mol. The molecular formula is C13H14N2O5S. The first-order valence-electron chi connectivity index (χ1n) is 6.14. The molecule has 0 spiro atoms. The lowest BCUT2D eigenvalue weighted by molar-refractivity contribution is 0.0904. The monoisotopic (exact) mass is 310 g/mol. The number of benzene rings is 1. The molecule has 0 fully saturated rings. The number of hydrogen-bond acceptors (Lipinski definition) is 5. The van der Waals surface area contributed by atoms with Gasteiger partial charge in [-0.15, -0.1) is 0 Å². The van der Waals surface area contributed by atoms with Crippen molar-refractivity contribution in [3.8, 4) is 5.75 Å². The van der Waals surface area contributed by atoms with Gasteiger partial charge in [0.05, 0.1) is 12.0 Å². The fraction of sp³-hybridized carbons (Fsp3) is 0.231. The van der Waals surface area contributed by atoms with E-state index in [0.29, 0.717) is 9.72 Å². The van der Waals surface area contributed by atoms with Crippen molar-refractivity contribution in [2.24, 2.45) is 0 Å². The number of carbonyl (C=O) groups is 1. The topological polar surface area (TPSA) is 87.4 Å². The standard InChI is InChI=1S/C13H14N2O5S/c1-3-12(16)14-8-9-15(13(14)17)21(18,19)11-6-4-10(20-2)5-7-11/h4-9H,3H2,1-2H3. The molecule has 2 aromatic rings. The molecule has 0 aliphatic heterocycles. The second kappa shape index (κ2) is 5.57. The number of rotatable bonds is 4. The third-order valence-electron chi connectivity index (χ3n) is 2.93. The van der Waals surface area contributed by atoms with Gasteiger partial charge < -0.3 is 4.74 Å². The van der Waals surface area contributed by atoms with Crippen LogP contribution in [0, 0.1) is 0 Å². The number of imidazole rings is 1. The van der Waals surface area contributed by atoms with E-state index in [-0.39, 0.29) is 11.3 Å². The minimum Gasteiger partial charge on any atom is -0.497 e. The Labute approximate surface area is 121 Å². The maximum atomic E-state index is 12.4. The van der Waals surface area contributed by atoms with Gasteiger partial charge in [-0.2, -0.15) is 3.97 Å². The molecule has 0 radical (unpaired) electrons. The number of methoxy groups -OCH3 is 1. The Balaban J connectivity index is 2.51. The largest absolute Gasteiger partial charge is 0.497 e. The third kappa shape index (κ3) is 2.62. The van der Waals surface area contributed by atoms with Crippen LogP contribution in [0.1, 0.15) is 18.1 Å². The Hall–Kier alpha value is -2.35. The summed E-state index contributed by atoms with van der Waals surface area (Å²) in [5.41, 5.74) is -0.905. The lowest BCUT2D eigenvalue weighted by Gasteiger charge is -2.05. The van der Waals surface area contributed by atoms with Gasteiger partial charge in [-0.1, -0.05) is 6.92 Å². The molecule has 0 bridgehead atoms. The van der Waals surface area contributed by atoms with Gasteiger partial charge in [-0.3, -0.25) is 4.79 Å². The van der Waals surface area contributed by atoms with Gasteiger partial charge in [0.2, 0.25) is 5.91 Å². The molecule has 0 saturated heterocycles. The Kier molecular flexibility index (Phi) is 3.99. The highest BCUT2D eigenvalue weighted by Crippen LogP contribution is 2.17. The summed E-state index contributed by atoms with van der Waals surface area (Å²) >= 11 is 0. The van der Waals surface area contributed by atoms with Crippen LogP contribution in [0.2, 0.25) is 0 Å². The Morgan fingerprint density at radius 3 is 2.33 bits per heavy atom. The SMILES string of the molecule is CCC(=O)n1ccn(S(=O)(=O)c2ccc(OC)cc2)c1=O. The summed E-state index contributed by atoms with van der Waals surface area (Å²) in [6, 6.07) is 5.62. The van der Waals surface area contributed by atoms with Crippen LogP contribution in [-0.4, -0.2) is 30.0 Å². The summed E-state index contributed by atoms with van der Waals surface area (Å²) in [6.45, 7) is 1.59. The fourth-order valence-electron chi connectivity index (χ4n) is 1.77. The number of nitrogens with zero attached hydrogens (tertiary/aromatic N) is 2. The van der Waals surface area contributed by atoms with Crippen LogP contribution < -0.4 is 10.4 Å². The molecule has 1 heterocycles. The molecule has 0 unspecified atom stereocenters. The summed E-state index contributed by atoms with van der Waals surface area (Å²) in [5.74, 6) is 0.0312. The number of carbonyl (C=O) groups excluding carboxylic acids is 1. The van der Waals surface area contributed by atoms with E-state index in [2.05, 4.69) is 0 Å². The van der Waals surface area contributed by atoms with Gasteiger partial charge in [0.15, 0.2) is 0 Å². The first kappa shape index (κ1) is 15.0. The van der Waals surface area contributed by atoms with Crippen molar-refractivity contribution < 1.29 is 17.9 Å². The lowest BCUT2D eigenvalue weighted by atomic mass is 10.3. The molecule has 21 heavy (non-hydrogen) atoms. The van der Waals surface area contributed by atoms with Crippen LogP contribution in [0.25, 0.3) is 0 Å². The zero-order chi connectivity index (χ0) is 15.6. The summed E-state index contributed by atoms with van der Waals surface area (Å²) in [6.07, 6.45) is 2.32. The van der Waals surface area contributed by atoms with Crippen LogP contribution in [0.4, 0.5) is 0 Å². The molecule has 1 aromatic carbocycles. The van der Waals surface area contributed by atoms with E-state index in [4.69, 9.17) is 4.74 Å². The van der Waals surface area contributed by atoms with Crippen molar-refractivity contribution >= 4 is 15.9 Å². The summed E-state index contributed by atoms with van der Waals surface area (Å²) in [4.78, 5) is 23.5. The predicted molar refractivity (Wildman–Crippen MR) is 75.2 cm³/mol. The van der Waals surface area contributed by atoms with Crippen molar-refractivity contribution in [1.29, 1.82) is 0 Å². The quantitative estimate of drug-likeness (QED) is 0.839. The van der Waals surface area contributed by atoms with Crippen molar-refractivity contribution in [3.05, 3.63) is 47.1 Å². The number of aromatic nitrogens is 2. The van der Waals surface area contributed by atoms with Crippen LogP contribution in [0.15, 0.2) is 46.3 Å². The van der Waals surface area contributed by atoms with Crippen LogP contribution in [0.5, 0.6) is 5.75 Å². The van der Waals surface area contributed by atoms with Crippen LogP contribution in [0.3, 0.4) is 0 Å². The van der Waals surface area contributed by atoms with Crippen molar-refractivity contribution in [3.63, 3.8) is 0 Å². The molecule has 2 rings (SSSR count). The minimum absolute atomic E-state index is 0.0629. The minimum atomic E-state index is -4.04. The maximum absolute atomic E-state index is 12.4. The van der Waals surface area contributed by atoms with E-state index in [1.807, 2.05) is 0 Å². The van der Waals surface area contributed by atoms with Gasteiger partial charge in [0, 0.05) is 18.8 Å². The Morgan fingerprint density at radius 2 is 1.81 bits per heavy atom. The molecule has 0 amide bonds. The van der Waals surface area contributed by atoms with Crippen molar-refractivity contribution in [1.82, 2.24) is 8.54 Å². The molecule has 0 saturated carbocycles. The van der Waals surface area contributed by atoms with Gasteiger partial charge in [0.1, 0.15) is 5.75 Å². The lowest BCUT2D eigenvalue weighted by Crippen LogP contribution is -2.32. The molecule has 112 valence electrons. The molecule has 1 aromatic heterocycles. The zero-order valence-corrected chi connectivity index (χ0v) is 12.3. The van der Waals surface area contributed by atoms with Crippen molar-refractivity contribution in [2.75, 3.05) is 7.11 Å². The molecule has 8 heteroatoms. The Bertz CT molecular complexity index is 815. The second-order valence-corrected chi connectivity index (χ2v) is 5.99. The highest BCUT2D eigenvalue weighted by Gasteiger charge is 2.21. The van der Waals surface area contributed by atoms with Crippen LogP contribution >= 0.6 is 0 Å². The first-order chi connectivity index (χ1) is 9.91. The number of ether oxygens (including phenoxy) is 1. The zero-order valence-electron chi connectivity index (χ0n) is 11.5. The average Bonchev–Trinajstić information content (AvgIpc) is 2.89. The van der Waals surface area contributed by atoms with Gasteiger partial charge in [-0.05, 0) is 24.3 Å². The normalized spacial score (nSPS) is 11.3. The Morgan fingerprint density at radius 1 is 1.19 bits per heavy atom. The molecule has 0 N–H and O–H groups in total. The van der Waals surface area contributed by atoms with E-state index in [9.17, 15) is 18.0 Å². The molecule has 0 aliphatic rings. The van der Waals surface area contributed by atoms with E-state index >= 15 is 0 Å². The predicted octanol–water partition coefficient (Wildman–Crippen LogP) is 0.946. The third-order valence-corrected chi connectivity index (χ3v) is 4.60. The molecule has 0 aliphatic carbocycles. The first-order valence-corrected chi connectivity index (χ1v) is 7.58. The van der Waals surface area contributed by atoms with E-state index in [0.717, 1.165) is 17.0 Å². The van der Waals surface area contributed by atoms with Gasteiger partial charge >= 0.3 is 5.69 Å². The fourth-order valence-corrected chi connectivity index (χ4v) is 2.98. The molecule has 7 nitrogen and oxygen atoms in total.